The molecule has 1 aromatic heterocycles. The number of hydrogen-bond acceptors (Lipinski definition) is 6. The molecule has 0 aliphatic heterocycles. The Hall–Kier alpha value is -1.58. The molecule has 1 heterocycles. The highest BCUT2D eigenvalue weighted by Crippen LogP contribution is 2.32. The van der Waals surface area contributed by atoms with Gasteiger partial charge in [-0.1, -0.05) is 25.3 Å². The first-order chi connectivity index (χ1) is 14.5. The van der Waals surface area contributed by atoms with Crippen molar-refractivity contribution in [3.05, 3.63) is 18.2 Å². The average Bonchev–Trinajstić information content (AvgIpc) is 3.26. The van der Waals surface area contributed by atoms with Crippen LogP contribution in [0.1, 0.15) is 57.8 Å². The lowest BCUT2D eigenvalue weighted by Crippen LogP contribution is -2.43. The van der Waals surface area contributed by atoms with Crippen LogP contribution in [-0.4, -0.2) is 47.6 Å². The standard InChI is InChI=1S/C21H30N4O3S2/c1-25(17-6-3-2-4-7-17)21(26)16-12-10-15(11-13-16)14-22-30(27,28)19-9-5-8-18-20(19)24-29-23-18/h5,8-9,15-17,22H,2-4,6-7,10-14H2,1H3. The molecule has 2 fully saturated rings. The summed E-state index contributed by atoms with van der Waals surface area (Å²) in [4.78, 5) is 15.1. The summed E-state index contributed by atoms with van der Waals surface area (Å²) in [6.45, 7) is 0.398. The number of nitrogens with zero attached hydrogens (tertiary/aromatic N) is 3. The number of carbonyl (C=O) groups excluding carboxylic acids is 1. The Morgan fingerprint density at radius 1 is 1.10 bits per heavy atom. The highest BCUT2D eigenvalue weighted by atomic mass is 32.2. The zero-order valence-corrected chi connectivity index (χ0v) is 19.1. The first kappa shape index (κ1) is 21.6. The molecule has 0 radical (unpaired) electrons. The Bertz CT molecular complexity index is 977. The van der Waals surface area contributed by atoms with Crippen molar-refractivity contribution in [2.75, 3.05) is 13.6 Å². The third-order valence-corrected chi connectivity index (χ3v) is 8.76. The van der Waals surface area contributed by atoms with Crippen molar-refractivity contribution in [3.63, 3.8) is 0 Å². The first-order valence-corrected chi connectivity index (χ1v) is 13.1. The smallest absolute Gasteiger partial charge is 0.242 e. The van der Waals surface area contributed by atoms with Crippen LogP contribution in [0.3, 0.4) is 0 Å². The van der Waals surface area contributed by atoms with Gasteiger partial charge < -0.3 is 4.90 Å². The number of carbonyl (C=O) groups is 1. The molecule has 0 spiro atoms. The maximum Gasteiger partial charge on any atom is 0.242 e. The van der Waals surface area contributed by atoms with Gasteiger partial charge in [-0.05, 0) is 56.6 Å². The summed E-state index contributed by atoms with van der Waals surface area (Å²) < 4.78 is 36.6. The number of benzene rings is 1. The molecule has 7 nitrogen and oxygen atoms in total. The lowest BCUT2D eigenvalue weighted by molar-refractivity contribution is -0.138. The van der Waals surface area contributed by atoms with Crippen LogP contribution in [0, 0.1) is 11.8 Å². The highest BCUT2D eigenvalue weighted by molar-refractivity contribution is 7.89. The van der Waals surface area contributed by atoms with E-state index in [-0.39, 0.29) is 22.6 Å². The van der Waals surface area contributed by atoms with Crippen LogP contribution in [-0.2, 0) is 14.8 Å². The van der Waals surface area contributed by atoms with E-state index >= 15 is 0 Å². The van der Waals surface area contributed by atoms with E-state index in [1.807, 2.05) is 11.9 Å². The lowest BCUT2D eigenvalue weighted by atomic mass is 9.81. The molecular weight excluding hydrogens is 420 g/mol. The summed E-state index contributed by atoms with van der Waals surface area (Å²) in [6, 6.07) is 5.43. The molecule has 164 valence electrons. The number of amides is 1. The van der Waals surface area contributed by atoms with Gasteiger partial charge in [0.25, 0.3) is 0 Å². The molecule has 1 aromatic carbocycles. The van der Waals surface area contributed by atoms with E-state index in [1.54, 1.807) is 18.2 Å². The van der Waals surface area contributed by atoms with Gasteiger partial charge in [-0.3, -0.25) is 4.79 Å². The van der Waals surface area contributed by atoms with E-state index in [0.29, 0.717) is 23.6 Å². The second-order valence-corrected chi connectivity index (χ2v) is 11.0. The van der Waals surface area contributed by atoms with Gasteiger partial charge in [-0.2, -0.15) is 8.75 Å². The molecule has 2 aliphatic carbocycles. The van der Waals surface area contributed by atoms with Crippen LogP contribution in [0.25, 0.3) is 11.0 Å². The minimum Gasteiger partial charge on any atom is -0.343 e. The molecule has 2 saturated carbocycles. The van der Waals surface area contributed by atoms with E-state index < -0.39 is 10.0 Å². The van der Waals surface area contributed by atoms with Gasteiger partial charge in [0.2, 0.25) is 15.9 Å². The van der Waals surface area contributed by atoms with Gasteiger partial charge in [0, 0.05) is 25.6 Å². The molecule has 9 heteroatoms. The maximum atomic E-state index is 12.9. The minimum atomic E-state index is -3.63. The topological polar surface area (TPSA) is 92.3 Å². The number of aromatic nitrogens is 2. The number of hydrogen-bond donors (Lipinski definition) is 1. The van der Waals surface area contributed by atoms with E-state index in [4.69, 9.17) is 0 Å². The third kappa shape index (κ3) is 4.68. The summed E-state index contributed by atoms with van der Waals surface area (Å²) in [5.74, 6) is 0.625. The summed E-state index contributed by atoms with van der Waals surface area (Å²) in [7, 11) is -1.67. The normalized spacial score (nSPS) is 23.5. The molecule has 4 rings (SSSR count). The molecular formula is C21H30N4O3S2. The molecule has 1 amide bonds. The molecule has 0 bridgehead atoms. The summed E-state index contributed by atoms with van der Waals surface area (Å²) in [5.41, 5.74) is 1.03. The number of sulfonamides is 1. The molecule has 30 heavy (non-hydrogen) atoms. The van der Waals surface area contributed by atoms with Crippen molar-refractivity contribution < 1.29 is 13.2 Å². The zero-order chi connectivity index (χ0) is 21.1. The first-order valence-electron chi connectivity index (χ1n) is 10.9. The van der Waals surface area contributed by atoms with Gasteiger partial charge in [0.1, 0.15) is 15.9 Å². The van der Waals surface area contributed by atoms with E-state index in [0.717, 1.165) is 50.3 Å². The highest BCUT2D eigenvalue weighted by Gasteiger charge is 2.32. The van der Waals surface area contributed by atoms with Gasteiger partial charge in [-0.15, -0.1) is 0 Å². The number of rotatable bonds is 6. The van der Waals surface area contributed by atoms with Crippen LogP contribution < -0.4 is 4.72 Å². The van der Waals surface area contributed by atoms with Crippen LogP contribution in [0.5, 0.6) is 0 Å². The number of fused-ring (bicyclic) bond motifs is 1. The van der Waals surface area contributed by atoms with E-state index in [1.165, 1.54) is 19.3 Å². The second-order valence-electron chi connectivity index (χ2n) is 8.70. The van der Waals surface area contributed by atoms with Crippen LogP contribution >= 0.6 is 11.7 Å². The predicted octanol–water partition coefficient (Wildman–Crippen LogP) is 3.57. The Balaban J connectivity index is 1.29. The molecule has 0 saturated heterocycles. The monoisotopic (exact) mass is 450 g/mol. The number of nitrogens with one attached hydrogen (secondary N) is 1. The SMILES string of the molecule is CN(C(=O)C1CCC(CNS(=O)(=O)c2cccc3nsnc23)CC1)C1CCCCC1. The fourth-order valence-electron chi connectivity index (χ4n) is 4.85. The molecule has 2 aliphatic rings. The summed E-state index contributed by atoms with van der Waals surface area (Å²) in [6.07, 6.45) is 9.41. The molecule has 1 N–H and O–H groups in total. The van der Waals surface area contributed by atoms with Crippen LogP contribution in [0.4, 0.5) is 0 Å². The predicted molar refractivity (Wildman–Crippen MR) is 118 cm³/mol. The third-order valence-electron chi connectivity index (χ3n) is 6.77. The van der Waals surface area contributed by atoms with Gasteiger partial charge in [0.15, 0.2) is 0 Å². The largest absolute Gasteiger partial charge is 0.343 e. The van der Waals surface area contributed by atoms with E-state index in [9.17, 15) is 13.2 Å². The van der Waals surface area contributed by atoms with Gasteiger partial charge >= 0.3 is 0 Å². The minimum absolute atomic E-state index is 0.0830. The Morgan fingerprint density at radius 2 is 1.83 bits per heavy atom. The van der Waals surface area contributed by atoms with Crippen molar-refractivity contribution in [1.82, 2.24) is 18.4 Å². The Morgan fingerprint density at radius 3 is 2.57 bits per heavy atom. The van der Waals surface area contributed by atoms with Crippen molar-refractivity contribution >= 4 is 38.7 Å². The Labute approximate surface area is 182 Å². The van der Waals surface area contributed by atoms with Crippen LogP contribution in [0.2, 0.25) is 0 Å². The summed E-state index contributed by atoms with van der Waals surface area (Å²) in [5, 5.41) is 0. The molecule has 2 aromatic rings. The summed E-state index contributed by atoms with van der Waals surface area (Å²) >= 11 is 1.02. The molecule has 0 atom stereocenters. The van der Waals surface area contributed by atoms with Crippen LogP contribution in [0.15, 0.2) is 23.1 Å². The van der Waals surface area contributed by atoms with Gasteiger partial charge in [0.05, 0.1) is 11.7 Å². The fourth-order valence-corrected chi connectivity index (χ4v) is 6.73. The maximum absolute atomic E-state index is 12.9. The zero-order valence-electron chi connectivity index (χ0n) is 17.4. The van der Waals surface area contributed by atoms with E-state index in [2.05, 4.69) is 13.5 Å². The van der Waals surface area contributed by atoms with Crippen molar-refractivity contribution in [2.45, 2.75) is 68.7 Å². The fraction of sp³-hybridized carbons (Fsp3) is 0.667. The van der Waals surface area contributed by atoms with Crippen molar-refractivity contribution in [3.8, 4) is 0 Å². The molecule has 0 unspecified atom stereocenters. The second kappa shape index (κ2) is 9.28. The Kier molecular flexibility index (Phi) is 6.69. The average molecular weight is 451 g/mol. The lowest BCUT2D eigenvalue weighted by Gasteiger charge is -2.36. The van der Waals surface area contributed by atoms with Crippen molar-refractivity contribution in [2.24, 2.45) is 11.8 Å². The quantitative estimate of drug-likeness (QED) is 0.726. The van der Waals surface area contributed by atoms with Gasteiger partial charge in [-0.25, -0.2) is 13.1 Å². The van der Waals surface area contributed by atoms with Crippen molar-refractivity contribution in [1.29, 1.82) is 0 Å².